The molecule has 1 aliphatic heterocycles. The Balaban J connectivity index is 1.82. The number of rotatable bonds is 5. The minimum Gasteiger partial charge on any atom is -0.497 e. The van der Waals surface area contributed by atoms with Crippen LogP contribution in [-0.2, 0) is 11.2 Å². The lowest BCUT2D eigenvalue weighted by Crippen LogP contribution is -2.57. The predicted octanol–water partition coefficient (Wildman–Crippen LogP) is 2.98. The summed E-state index contributed by atoms with van der Waals surface area (Å²) in [6, 6.07) is 18.5. The lowest BCUT2D eigenvalue weighted by Gasteiger charge is -2.40. The van der Waals surface area contributed by atoms with E-state index < -0.39 is 0 Å². The first kappa shape index (κ1) is 16.5. The van der Waals surface area contributed by atoms with Crippen molar-refractivity contribution in [3.8, 4) is 5.75 Å². The van der Waals surface area contributed by atoms with Crippen molar-refractivity contribution in [1.29, 1.82) is 0 Å². The van der Waals surface area contributed by atoms with E-state index in [9.17, 15) is 4.79 Å². The number of likely N-dealkylation sites (N-methyl/N-ethyl adjacent to an activating group) is 1. The number of piperazine rings is 1. The zero-order chi connectivity index (χ0) is 16.9. The third-order valence-corrected chi connectivity index (χ3v) is 4.63. The van der Waals surface area contributed by atoms with Crippen molar-refractivity contribution in [3.05, 3.63) is 60.2 Å². The number of hydrogen-bond donors (Lipinski definition) is 0. The number of carbonyl (C=O) groups excluding carboxylic acids is 1. The van der Waals surface area contributed by atoms with Crippen LogP contribution >= 0.6 is 0 Å². The van der Waals surface area contributed by atoms with E-state index in [4.69, 9.17) is 4.74 Å². The van der Waals surface area contributed by atoms with Gasteiger partial charge in [-0.25, -0.2) is 0 Å². The number of ether oxygens (including phenoxy) is 1. The van der Waals surface area contributed by atoms with E-state index in [0.717, 1.165) is 24.4 Å². The van der Waals surface area contributed by atoms with Gasteiger partial charge < -0.3 is 9.64 Å². The largest absolute Gasteiger partial charge is 0.497 e. The van der Waals surface area contributed by atoms with E-state index in [1.807, 2.05) is 35.2 Å². The molecule has 1 unspecified atom stereocenters. The standard InChI is InChI=1S/C20H24N2O2/c1-3-21-15-20(23)22(17-10-7-11-19(13-17)24-2)14-18(21)12-16-8-5-4-6-9-16/h4-11,13,18H,3,12,14-15H2,1-2H3. The molecule has 4 heteroatoms. The second-order valence-electron chi connectivity index (χ2n) is 6.11. The third kappa shape index (κ3) is 3.60. The van der Waals surface area contributed by atoms with Gasteiger partial charge in [0.25, 0.3) is 0 Å². The molecule has 24 heavy (non-hydrogen) atoms. The maximum atomic E-state index is 12.6. The first-order valence-electron chi connectivity index (χ1n) is 8.43. The Morgan fingerprint density at radius 1 is 1.12 bits per heavy atom. The van der Waals surface area contributed by atoms with Crippen molar-refractivity contribution in [2.24, 2.45) is 0 Å². The third-order valence-electron chi connectivity index (χ3n) is 4.63. The van der Waals surface area contributed by atoms with Crippen molar-refractivity contribution in [2.45, 2.75) is 19.4 Å². The predicted molar refractivity (Wildman–Crippen MR) is 96.5 cm³/mol. The van der Waals surface area contributed by atoms with Gasteiger partial charge >= 0.3 is 0 Å². The molecule has 0 aliphatic carbocycles. The molecule has 1 atom stereocenters. The van der Waals surface area contributed by atoms with Gasteiger partial charge in [0.15, 0.2) is 0 Å². The molecule has 2 aromatic rings. The molecule has 1 fully saturated rings. The normalized spacial score (nSPS) is 18.7. The van der Waals surface area contributed by atoms with E-state index in [1.165, 1.54) is 5.56 Å². The molecule has 4 nitrogen and oxygen atoms in total. The van der Waals surface area contributed by atoms with Gasteiger partial charge in [-0.3, -0.25) is 9.69 Å². The van der Waals surface area contributed by atoms with Crippen LogP contribution in [0.15, 0.2) is 54.6 Å². The van der Waals surface area contributed by atoms with Crippen LogP contribution in [0, 0.1) is 0 Å². The number of hydrogen-bond acceptors (Lipinski definition) is 3. The molecule has 1 saturated heterocycles. The molecule has 1 aliphatic rings. The second-order valence-corrected chi connectivity index (χ2v) is 6.11. The Bertz CT molecular complexity index is 687. The first-order chi connectivity index (χ1) is 11.7. The number of methoxy groups -OCH3 is 1. The summed E-state index contributed by atoms with van der Waals surface area (Å²) in [5, 5.41) is 0. The van der Waals surface area contributed by atoms with Crippen LogP contribution < -0.4 is 9.64 Å². The molecule has 1 amide bonds. The summed E-state index contributed by atoms with van der Waals surface area (Å²) < 4.78 is 5.30. The lowest BCUT2D eigenvalue weighted by molar-refractivity contribution is -0.122. The average molecular weight is 324 g/mol. The number of nitrogens with zero attached hydrogens (tertiary/aromatic N) is 2. The SMILES string of the molecule is CCN1CC(=O)N(c2cccc(OC)c2)CC1Cc1ccccc1. The molecule has 0 saturated carbocycles. The zero-order valence-corrected chi connectivity index (χ0v) is 14.3. The van der Waals surface area contributed by atoms with Crippen LogP contribution in [0.4, 0.5) is 5.69 Å². The molecule has 0 N–H and O–H groups in total. The maximum Gasteiger partial charge on any atom is 0.241 e. The van der Waals surface area contributed by atoms with Crippen molar-refractivity contribution in [2.75, 3.05) is 31.6 Å². The summed E-state index contributed by atoms with van der Waals surface area (Å²) in [7, 11) is 1.65. The molecule has 0 spiro atoms. The highest BCUT2D eigenvalue weighted by molar-refractivity contribution is 5.95. The molecule has 0 aromatic heterocycles. The fraction of sp³-hybridized carbons (Fsp3) is 0.350. The van der Waals surface area contributed by atoms with Crippen molar-refractivity contribution in [3.63, 3.8) is 0 Å². The van der Waals surface area contributed by atoms with E-state index in [2.05, 4.69) is 36.1 Å². The molecular formula is C20H24N2O2. The smallest absolute Gasteiger partial charge is 0.241 e. The molecule has 126 valence electrons. The quantitative estimate of drug-likeness (QED) is 0.848. The van der Waals surface area contributed by atoms with Crippen LogP contribution in [0.25, 0.3) is 0 Å². The van der Waals surface area contributed by atoms with Gasteiger partial charge in [-0.2, -0.15) is 0 Å². The second kappa shape index (κ2) is 7.49. The Morgan fingerprint density at radius 3 is 2.62 bits per heavy atom. The summed E-state index contributed by atoms with van der Waals surface area (Å²) in [5.74, 6) is 0.923. The summed E-state index contributed by atoms with van der Waals surface area (Å²) in [6.07, 6.45) is 0.947. The lowest BCUT2D eigenvalue weighted by atomic mass is 10.0. The molecule has 1 heterocycles. The van der Waals surface area contributed by atoms with Gasteiger partial charge in [-0.1, -0.05) is 43.3 Å². The monoisotopic (exact) mass is 324 g/mol. The summed E-state index contributed by atoms with van der Waals surface area (Å²) in [5.41, 5.74) is 2.22. The van der Waals surface area contributed by atoms with Gasteiger partial charge in [0.1, 0.15) is 5.75 Å². The Morgan fingerprint density at radius 2 is 1.92 bits per heavy atom. The van der Waals surface area contributed by atoms with Gasteiger partial charge in [-0.05, 0) is 30.7 Å². The first-order valence-corrected chi connectivity index (χ1v) is 8.43. The van der Waals surface area contributed by atoms with E-state index in [-0.39, 0.29) is 5.91 Å². The van der Waals surface area contributed by atoms with Crippen LogP contribution in [0.2, 0.25) is 0 Å². The molecule has 3 rings (SSSR count). The Kier molecular flexibility index (Phi) is 5.16. The van der Waals surface area contributed by atoms with Gasteiger partial charge in [0.05, 0.1) is 13.7 Å². The fourth-order valence-corrected chi connectivity index (χ4v) is 3.29. The van der Waals surface area contributed by atoms with Crippen molar-refractivity contribution < 1.29 is 9.53 Å². The van der Waals surface area contributed by atoms with Crippen LogP contribution in [0.3, 0.4) is 0 Å². The summed E-state index contributed by atoms with van der Waals surface area (Å²) in [4.78, 5) is 16.8. The molecule has 0 bridgehead atoms. The minimum absolute atomic E-state index is 0.148. The van der Waals surface area contributed by atoms with E-state index in [0.29, 0.717) is 19.1 Å². The van der Waals surface area contributed by atoms with Gasteiger partial charge in [-0.15, -0.1) is 0 Å². The number of anilines is 1. The number of carbonyl (C=O) groups is 1. The van der Waals surface area contributed by atoms with Crippen molar-refractivity contribution >= 4 is 11.6 Å². The van der Waals surface area contributed by atoms with E-state index >= 15 is 0 Å². The highest BCUT2D eigenvalue weighted by atomic mass is 16.5. The Labute approximate surface area is 143 Å². The average Bonchev–Trinajstić information content (AvgIpc) is 2.63. The molecular weight excluding hydrogens is 300 g/mol. The van der Waals surface area contributed by atoms with Crippen molar-refractivity contribution in [1.82, 2.24) is 4.90 Å². The topological polar surface area (TPSA) is 32.8 Å². The summed E-state index contributed by atoms with van der Waals surface area (Å²) in [6.45, 7) is 4.17. The number of amides is 1. The van der Waals surface area contributed by atoms with Crippen LogP contribution in [-0.4, -0.2) is 43.6 Å². The van der Waals surface area contributed by atoms with E-state index in [1.54, 1.807) is 7.11 Å². The van der Waals surface area contributed by atoms with Gasteiger partial charge in [0, 0.05) is 24.3 Å². The highest BCUT2D eigenvalue weighted by Gasteiger charge is 2.32. The van der Waals surface area contributed by atoms with Gasteiger partial charge in [0.2, 0.25) is 5.91 Å². The summed E-state index contributed by atoms with van der Waals surface area (Å²) >= 11 is 0. The highest BCUT2D eigenvalue weighted by Crippen LogP contribution is 2.25. The fourth-order valence-electron chi connectivity index (χ4n) is 3.29. The Hall–Kier alpha value is -2.33. The maximum absolute atomic E-state index is 12.6. The van der Waals surface area contributed by atoms with Crippen LogP contribution in [0.1, 0.15) is 12.5 Å². The molecule has 0 radical (unpaired) electrons. The molecule has 2 aromatic carbocycles. The number of benzene rings is 2. The minimum atomic E-state index is 0.148. The van der Waals surface area contributed by atoms with Crippen LogP contribution in [0.5, 0.6) is 5.75 Å². The zero-order valence-electron chi connectivity index (χ0n) is 14.3.